The fraction of sp³-hybridized carbons (Fsp3) is 0.100. The van der Waals surface area contributed by atoms with Crippen LogP contribution in [0, 0.1) is 53.2 Å². The third-order valence-electron chi connectivity index (χ3n) is 19.1. The molecule has 0 unspecified atom stereocenters. The number of benzene rings is 13. The number of carboxylic acids is 3. The second-order valence-corrected chi connectivity index (χ2v) is 26.4. The number of nitrogen functional groups attached to an aromatic ring is 5. The number of fused-ring (bicyclic) bond motifs is 6. The molecule has 106 heavy (non-hydrogen) atoms. The molecule has 0 bridgehead atoms. The highest BCUT2D eigenvalue weighted by Gasteiger charge is 2.48. The van der Waals surface area contributed by atoms with Crippen molar-refractivity contribution in [2.24, 2.45) is 0 Å². The summed E-state index contributed by atoms with van der Waals surface area (Å²) in [5.74, 6) is -3.95. The number of rotatable bonds is 9. The van der Waals surface area contributed by atoms with Gasteiger partial charge in [0.2, 0.25) is 0 Å². The number of hydrogen-bond donors (Lipinski definition) is 8. The monoisotopic (exact) mass is 1420 g/mol. The first kappa shape index (κ1) is 74.1. The maximum Gasteiger partial charge on any atom is 0.417 e. The van der Waals surface area contributed by atoms with E-state index in [2.05, 4.69) is 104 Å². The second kappa shape index (κ2) is 30.5. The molecule has 2 aliphatic carbocycles. The summed E-state index contributed by atoms with van der Waals surface area (Å²) in [6.45, 7) is 11.2. The van der Waals surface area contributed by atoms with Gasteiger partial charge in [0, 0.05) is 22.7 Å². The zero-order valence-electron chi connectivity index (χ0n) is 58.8. The average Bonchev–Trinajstić information content (AvgIpc) is 1.56. The van der Waals surface area contributed by atoms with Crippen molar-refractivity contribution >= 4 is 46.3 Å². The molecule has 16 heteroatoms. The first-order chi connectivity index (χ1) is 50.5. The smallest absolute Gasteiger partial charge is 0.417 e. The van der Waals surface area contributed by atoms with Crippen molar-refractivity contribution in [2.75, 3.05) is 28.7 Å². The van der Waals surface area contributed by atoms with Crippen molar-refractivity contribution in [3.63, 3.8) is 0 Å². The van der Waals surface area contributed by atoms with Crippen LogP contribution in [0.3, 0.4) is 0 Å². The van der Waals surface area contributed by atoms with E-state index in [1.54, 1.807) is 81.4 Å². The topological polar surface area (TPSA) is 242 Å². The molecule has 0 fully saturated rings. The Morgan fingerprint density at radius 2 is 0.708 bits per heavy atom. The number of aryl methyl sites for hydroxylation is 6. The minimum atomic E-state index is -4.41. The molecule has 0 heterocycles. The maximum atomic E-state index is 14.7. The highest BCUT2D eigenvalue weighted by Crippen LogP contribution is 2.58. The molecule has 0 radical (unpaired) electrons. The van der Waals surface area contributed by atoms with Crippen LogP contribution in [0.1, 0.15) is 115 Å². The van der Waals surface area contributed by atoms with E-state index in [9.17, 15) is 46.5 Å². The van der Waals surface area contributed by atoms with Crippen molar-refractivity contribution in [1.82, 2.24) is 0 Å². The summed E-state index contributed by atoms with van der Waals surface area (Å²) < 4.78 is 68.5. The lowest BCUT2D eigenvalue weighted by molar-refractivity contribution is -0.137. The van der Waals surface area contributed by atoms with Gasteiger partial charge in [0.1, 0.15) is 11.6 Å². The molecule has 0 saturated carbocycles. The zero-order chi connectivity index (χ0) is 76.1. The number of anilines is 5. The van der Waals surface area contributed by atoms with E-state index in [0.29, 0.717) is 33.6 Å². The molecule has 0 atom stereocenters. The van der Waals surface area contributed by atoms with E-state index in [-0.39, 0.29) is 44.9 Å². The summed E-state index contributed by atoms with van der Waals surface area (Å²) in [5, 5.41) is 27.1. The van der Waals surface area contributed by atoms with Gasteiger partial charge < -0.3 is 44.0 Å². The largest absolute Gasteiger partial charge is 0.478 e. The fourth-order valence-electron chi connectivity index (χ4n) is 14.3. The molecule has 532 valence electrons. The summed E-state index contributed by atoms with van der Waals surface area (Å²) in [4.78, 5) is 33.1. The highest BCUT2D eigenvalue weighted by atomic mass is 19.4. The van der Waals surface area contributed by atoms with Crippen molar-refractivity contribution in [3.8, 4) is 44.5 Å². The van der Waals surface area contributed by atoms with Crippen LogP contribution in [0.5, 0.6) is 0 Å². The molecule has 0 amide bonds. The molecule has 11 nitrogen and oxygen atoms in total. The minimum absolute atomic E-state index is 0.0173. The first-order valence-electron chi connectivity index (χ1n) is 33.8. The number of nitrogens with two attached hydrogens (primary N) is 5. The number of alkyl halides is 3. The lowest BCUT2D eigenvalue weighted by Gasteiger charge is -2.34. The van der Waals surface area contributed by atoms with Crippen LogP contribution in [0.15, 0.2) is 273 Å². The van der Waals surface area contributed by atoms with E-state index >= 15 is 0 Å². The molecule has 13 aromatic carbocycles. The normalized spacial score (nSPS) is 12.3. The molecule has 13 N–H and O–H groups in total. The van der Waals surface area contributed by atoms with Gasteiger partial charge in [-0.25, -0.2) is 23.2 Å². The maximum absolute atomic E-state index is 14.7. The SMILES string of the molecule is Cc1cc(N)cc(C(=O)O)c1.Cc1ccc(-c2ccc(N)cc2C(=O)O)c(C(=O)O)c1.Cc1ccc(-c2ccc(N)cc2C(F)(F)F)c(C)c1.Cc1ccc(C2(c3ccc(N)c(F)c3)c3ccccc3-c3ccccc32)cc1F.Cc1ccc(C2(c3ccc(N)cc3)c3ccccc3-c3ccccc32)cc1. The Bertz CT molecular complexity index is 5250. The predicted molar refractivity (Wildman–Crippen MR) is 414 cm³/mol. The van der Waals surface area contributed by atoms with E-state index < -0.39 is 40.9 Å². The van der Waals surface area contributed by atoms with Crippen LogP contribution in [0.2, 0.25) is 0 Å². The summed E-state index contributed by atoms with van der Waals surface area (Å²) >= 11 is 0. The van der Waals surface area contributed by atoms with Gasteiger partial charge in [-0.1, -0.05) is 211 Å². The van der Waals surface area contributed by atoms with Crippen molar-refractivity contribution in [2.45, 2.75) is 58.5 Å². The number of aromatic carboxylic acids is 3. The van der Waals surface area contributed by atoms with Gasteiger partial charge in [0.05, 0.1) is 38.8 Å². The Morgan fingerprint density at radius 3 is 1.17 bits per heavy atom. The quantitative estimate of drug-likeness (QED) is 0.0499. The van der Waals surface area contributed by atoms with Gasteiger partial charge in [-0.3, -0.25) is 0 Å². The minimum Gasteiger partial charge on any atom is -0.478 e. The second-order valence-electron chi connectivity index (χ2n) is 26.4. The van der Waals surface area contributed by atoms with Crippen LogP contribution >= 0.6 is 0 Å². The molecule has 13 aromatic rings. The van der Waals surface area contributed by atoms with E-state index in [1.165, 1.54) is 81.4 Å². The summed E-state index contributed by atoms with van der Waals surface area (Å²) in [5.41, 5.74) is 48.8. The average molecular weight is 1420 g/mol. The molecular formula is C90H76F5N5O6. The first-order valence-corrected chi connectivity index (χ1v) is 33.8. The molecule has 15 rings (SSSR count). The lowest BCUT2D eigenvalue weighted by Crippen LogP contribution is -2.29. The van der Waals surface area contributed by atoms with Gasteiger partial charge >= 0.3 is 24.1 Å². The molecule has 2 aliphatic rings. The Balaban J connectivity index is 0.000000136. The van der Waals surface area contributed by atoms with Crippen LogP contribution in [-0.2, 0) is 17.0 Å². The van der Waals surface area contributed by atoms with E-state index in [0.717, 1.165) is 67.4 Å². The third kappa shape index (κ3) is 14.8. The van der Waals surface area contributed by atoms with Gasteiger partial charge in [0.15, 0.2) is 0 Å². The summed E-state index contributed by atoms with van der Waals surface area (Å²) in [6, 6.07) is 84.5. The van der Waals surface area contributed by atoms with Crippen molar-refractivity contribution < 1.29 is 51.7 Å². The summed E-state index contributed by atoms with van der Waals surface area (Å²) in [7, 11) is 0. The number of halogens is 5. The van der Waals surface area contributed by atoms with Crippen LogP contribution in [0.4, 0.5) is 50.4 Å². The van der Waals surface area contributed by atoms with Gasteiger partial charge in [0.25, 0.3) is 0 Å². The van der Waals surface area contributed by atoms with Gasteiger partial charge in [-0.05, 0) is 226 Å². The number of hydrogen-bond acceptors (Lipinski definition) is 8. The Morgan fingerprint density at radius 1 is 0.311 bits per heavy atom. The van der Waals surface area contributed by atoms with E-state index in [1.807, 2.05) is 80.6 Å². The highest BCUT2D eigenvalue weighted by molar-refractivity contribution is 6.03. The number of carboxylic acid groups (broad SMARTS) is 3. The van der Waals surface area contributed by atoms with Gasteiger partial charge in [-0.15, -0.1) is 0 Å². The van der Waals surface area contributed by atoms with Crippen molar-refractivity contribution in [3.05, 3.63) is 385 Å². The molecule has 0 saturated heterocycles. The molecule has 0 aromatic heterocycles. The third-order valence-corrected chi connectivity index (χ3v) is 19.1. The standard InChI is InChI=1S/C26H19F2N.C26H21N.C15H14F3N.C15H13NO4.C8H9NO2/c1-16-10-11-17(14-23(16)27)26(18-12-13-25(29)24(28)15-18)21-8-4-2-6-19(21)20-7-3-5-9-22(20)26;1-18-10-12-19(13-11-18)26(20-14-16-21(27)17-15-20)24-8-4-2-6-22(24)23-7-3-5-9-25(23)26;1-9-3-5-12(10(2)7-9)13-6-4-11(19)8-14(13)15(16,17)18;1-8-2-4-10(12(6-8)14(17)18)11-5-3-9(16)7-13(11)15(19)20;1-5-2-6(8(10)11)4-7(9)3-5/h2-15H,29H2,1H3;2-17H,27H2,1H3;3-8H,19H2,1-2H3;2-7H,16H2,1H3,(H,17,18)(H,19,20);2-4H,9H2,1H3,(H,10,11). The van der Waals surface area contributed by atoms with Gasteiger partial charge in [-0.2, -0.15) is 13.2 Å². The predicted octanol–water partition coefficient (Wildman–Crippen LogP) is 20.6. The molecular weight excluding hydrogens is 1340 g/mol. The molecule has 0 spiro atoms. The zero-order valence-corrected chi connectivity index (χ0v) is 58.8. The van der Waals surface area contributed by atoms with Crippen molar-refractivity contribution in [1.29, 1.82) is 0 Å². The Labute approximate surface area is 611 Å². The van der Waals surface area contributed by atoms with Crippen LogP contribution in [-0.4, -0.2) is 33.2 Å². The van der Waals surface area contributed by atoms with Crippen LogP contribution < -0.4 is 28.7 Å². The lowest BCUT2D eigenvalue weighted by atomic mass is 9.67. The van der Waals surface area contributed by atoms with Crippen LogP contribution in [0.25, 0.3) is 44.5 Å². The summed E-state index contributed by atoms with van der Waals surface area (Å²) in [6.07, 6.45) is -4.41. The Hall–Kier alpha value is -13.1. The number of carbonyl (C=O) groups is 3. The fourth-order valence-corrected chi connectivity index (χ4v) is 14.3. The molecule has 0 aliphatic heterocycles. The van der Waals surface area contributed by atoms with E-state index in [4.69, 9.17) is 33.8 Å². The Kier molecular flexibility index (Phi) is 21.3.